The molecule has 0 aromatic rings. The summed E-state index contributed by atoms with van der Waals surface area (Å²) in [6.45, 7) is 9.61. The van der Waals surface area contributed by atoms with Gasteiger partial charge in [-0.2, -0.15) is 0 Å². The van der Waals surface area contributed by atoms with Gasteiger partial charge < -0.3 is 10.9 Å². The second-order valence-corrected chi connectivity index (χ2v) is 5.51. The van der Waals surface area contributed by atoms with Crippen LogP contribution >= 0.6 is 0 Å². The van der Waals surface area contributed by atoms with E-state index in [1.807, 2.05) is 0 Å². The van der Waals surface area contributed by atoms with Crippen LogP contribution in [0.4, 0.5) is 0 Å². The molecule has 15 heavy (non-hydrogen) atoms. The Kier molecular flexibility index (Phi) is 3.97. The van der Waals surface area contributed by atoms with E-state index in [4.69, 9.17) is 10.9 Å². The monoisotopic (exact) mass is 213 g/mol. The van der Waals surface area contributed by atoms with Gasteiger partial charge in [0.2, 0.25) is 0 Å². The fourth-order valence-corrected chi connectivity index (χ4v) is 2.22. The van der Waals surface area contributed by atoms with Gasteiger partial charge in [0.15, 0.2) is 5.84 Å². The third-order valence-electron chi connectivity index (χ3n) is 3.33. The quantitative estimate of drug-likeness (QED) is 0.316. The number of hydrogen-bond acceptors (Lipinski definition) is 3. The van der Waals surface area contributed by atoms with Crippen molar-refractivity contribution < 1.29 is 5.21 Å². The van der Waals surface area contributed by atoms with Crippen molar-refractivity contribution >= 4 is 5.84 Å². The summed E-state index contributed by atoms with van der Waals surface area (Å²) in [6.07, 6.45) is 2.42. The summed E-state index contributed by atoms with van der Waals surface area (Å²) >= 11 is 0. The molecule has 0 aliphatic carbocycles. The van der Waals surface area contributed by atoms with Gasteiger partial charge in [0.1, 0.15) is 0 Å². The van der Waals surface area contributed by atoms with Gasteiger partial charge >= 0.3 is 0 Å². The smallest absolute Gasteiger partial charge is 0.153 e. The molecular formula is C11H23N3O. The van der Waals surface area contributed by atoms with Gasteiger partial charge in [-0.3, -0.25) is 4.90 Å². The highest BCUT2D eigenvalue weighted by molar-refractivity contribution is 5.81. The molecule has 0 unspecified atom stereocenters. The molecule has 0 amide bonds. The first-order chi connectivity index (χ1) is 6.93. The van der Waals surface area contributed by atoms with Crippen molar-refractivity contribution in [2.24, 2.45) is 22.2 Å². The van der Waals surface area contributed by atoms with E-state index in [1.165, 1.54) is 12.8 Å². The third-order valence-corrected chi connectivity index (χ3v) is 3.33. The molecule has 0 atom stereocenters. The predicted octanol–water partition coefficient (Wildman–Crippen LogP) is 1.49. The number of likely N-dealkylation sites (tertiary alicyclic amines) is 1. The lowest BCUT2D eigenvalue weighted by Crippen LogP contribution is -2.42. The molecule has 4 nitrogen and oxygen atoms in total. The van der Waals surface area contributed by atoms with Crippen LogP contribution < -0.4 is 5.73 Å². The van der Waals surface area contributed by atoms with Crippen molar-refractivity contribution in [3.63, 3.8) is 0 Å². The molecule has 1 aliphatic rings. The Balaban J connectivity index is 2.36. The van der Waals surface area contributed by atoms with Crippen LogP contribution in [0.2, 0.25) is 0 Å². The molecule has 3 N–H and O–H groups in total. The van der Waals surface area contributed by atoms with E-state index in [0.29, 0.717) is 17.8 Å². The van der Waals surface area contributed by atoms with Gasteiger partial charge in [0.25, 0.3) is 0 Å². The van der Waals surface area contributed by atoms with E-state index in [9.17, 15) is 0 Å². The fourth-order valence-electron chi connectivity index (χ4n) is 2.22. The maximum atomic E-state index is 8.48. The lowest BCUT2D eigenvalue weighted by molar-refractivity contribution is 0.122. The van der Waals surface area contributed by atoms with E-state index in [1.54, 1.807) is 0 Å². The zero-order chi connectivity index (χ0) is 11.5. The first-order valence-electron chi connectivity index (χ1n) is 5.62. The molecule has 0 saturated carbocycles. The summed E-state index contributed by atoms with van der Waals surface area (Å²) in [7, 11) is 0. The maximum absolute atomic E-state index is 8.48. The Hall–Kier alpha value is -0.770. The van der Waals surface area contributed by atoms with Gasteiger partial charge in [-0.25, -0.2) is 0 Å². The van der Waals surface area contributed by atoms with Gasteiger partial charge in [-0.1, -0.05) is 25.9 Å². The number of amidine groups is 1. The van der Waals surface area contributed by atoms with Gasteiger partial charge in [-0.15, -0.1) is 0 Å². The molecule has 0 bridgehead atoms. The lowest BCUT2D eigenvalue weighted by Gasteiger charge is -2.38. The van der Waals surface area contributed by atoms with E-state index < -0.39 is 0 Å². The lowest BCUT2D eigenvalue weighted by atomic mass is 9.75. The third kappa shape index (κ3) is 3.70. The number of piperidine rings is 1. The predicted molar refractivity (Wildman–Crippen MR) is 62.0 cm³/mol. The summed E-state index contributed by atoms with van der Waals surface area (Å²) in [6, 6.07) is 0. The molecule has 1 aliphatic heterocycles. The first-order valence-corrected chi connectivity index (χ1v) is 5.62. The van der Waals surface area contributed by atoms with Crippen LogP contribution in [0.15, 0.2) is 5.16 Å². The topological polar surface area (TPSA) is 61.8 Å². The van der Waals surface area contributed by atoms with Crippen LogP contribution in [0, 0.1) is 11.3 Å². The van der Waals surface area contributed by atoms with E-state index in [-0.39, 0.29) is 0 Å². The van der Waals surface area contributed by atoms with Crippen molar-refractivity contribution in [3.05, 3.63) is 0 Å². The highest BCUT2D eigenvalue weighted by Crippen LogP contribution is 2.33. The van der Waals surface area contributed by atoms with Gasteiger partial charge in [0, 0.05) is 0 Å². The van der Waals surface area contributed by atoms with Crippen molar-refractivity contribution in [2.75, 3.05) is 19.6 Å². The molecular weight excluding hydrogens is 190 g/mol. The molecule has 88 valence electrons. The van der Waals surface area contributed by atoms with Gasteiger partial charge in [0.05, 0.1) is 6.54 Å². The zero-order valence-corrected chi connectivity index (χ0v) is 10.0. The minimum Gasteiger partial charge on any atom is -0.409 e. The number of nitrogens with two attached hydrogens (primary N) is 1. The van der Waals surface area contributed by atoms with E-state index in [2.05, 4.69) is 30.8 Å². The Morgan fingerprint density at radius 3 is 2.33 bits per heavy atom. The minimum absolute atomic E-state index is 0.309. The minimum atomic E-state index is 0.309. The average molecular weight is 213 g/mol. The summed E-state index contributed by atoms with van der Waals surface area (Å²) in [5.41, 5.74) is 5.89. The van der Waals surface area contributed by atoms with Crippen molar-refractivity contribution in [3.8, 4) is 0 Å². The molecule has 1 rings (SSSR count). The first kappa shape index (κ1) is 12.3. The van der Waals surface area contributed by atoms with Crippen LogP contribution in [0.5, 0.6) is 0 Å². The number of nitrogens with zero attached hydrogens (tertiary/aromatic N) is 2. The molecule has 1 heterocycles. The van der Waals surface area contributed by atoms with Crippen molar-refractivity contribution in [1.29, 1.82) is 0 Å². The summed E-state index contributed by atoms with van der Waals surface area (Å²) in [4.78, 5) is 2.25. The molecule has 0 spiro atoms. The van der Waals surface area contributed by atoms with Crippen LogP contribution in [-0.4, -0.2) is 35.6 Å². The Bertz CT molecular complexity index is 224. The number of rotatable bonds is 2. The Morgan fingerprint density at radius 1 is 1.40 bits per heavy atom. The largest absolute Gasteiger partial charge is 0.409 e. The van der Waals surface area contributed by atoms with Crippen molar-refractivity contribution in [1.82, 2.24) is 4.90 Å². The summed E-state index contributed by atoms with van der Waals surface area (Å²) in [5.74, 6) is 1.10. The molecule has 0 radical (unpaired) electrons. The van der Waals surface area contributed by atoms with Crippen LogP contribution in [0.25, 0.3) is 0 Å². The number of oxime groups is 1. The summed E-state index contributed by atoms with van der Waals surface area (Å²) in [5, 5.41) is 11.5. The SMILES string of the molecule is CC(C)(C)C1CCN(CC(N)=NO)CC1. The number of hydrogen-bond donors (Lipinski definition) is 2. The van der Waals surface area contributed by atoms with Crippen molar-refractivity contribution in [2.45, 2.75) is 33.6 Å². The highest BCUT2D eigenvalue weighted by atomic mass is 16.4. The Morgan fingerprint density at radius 2 is 1.93 bits per heavy atom. The van der Waals surface area contributed by atoms with Crippen LogP contribution in [-0.2, 0) is 0 Å². The molecule has 1 fully saturated rings. The van der Waals surface area contributed by atoms with Gasteiger partial charge in [-0.05, 0) is 37.3 Å². The average Bonchev–Trinajstić information content (AvgIpc) is 2.17. The zero-order valence-electron chi connectivity index (χ0n) is 10.0. The standard InChI is InChI=1S/C11H23N3O/c1-11(2,3)9-4-6-14(7-5-9)8-10(12)13-15/h9,15H,4-8H2,1-3H3,(H2,12,13). The molecule has 0 aromatic heterocycles. The van der Waals surface area contributed by atoms with Crippen LogP contribution in [0.1, 0.15) is 33.6 Å². The molecule has 1 saturated heterocycles. The second-order valence-electron chi connectivity index (χ2n) is 5.51. The Labute approximate surface area is 92.1 Å². The second kappa shape index (κ2) is 4.84. The van der Waals surface area contributed by atoms with E-state index in [0.717, 1.165) is 19.0 Å². The molecule has 0 aromatic carbocycles. The molecule has 4 heteroatoms. The van der Waals surface area contributed by atoms with Crippen LogP contribution in [0.3, 0.4) is 0 Å². The normalized spacial score (nSPS) is 21.9. The summed E-state index contributed by atoms with van der Waals surface area (Å²) < 4.78 is 0. The highest BCUT2D eigenvalue weighted by Gasteiger charge is 2.28. The fraction of sp³-hybridized carbons (Fsp3) is 0.909. The maximum Gasteiger partial charge on any atom is 0.153 e. The van der Waals surface area contributed by atoms with E-state index >= 15 is 0 Å².